The summed E-state index contributed by atoms with van der Waals surface area (Å²) in [4.78, 5) is 66.9. The van der Waals surface area contributed by atoms with Gasteiger partial charge in [0.15, 0.2) is 6.10 Å². The number of oxazole rings is 1. The molecule has 1 N–H and O–H groups in total. The Kier molecular flexibility index (Phi) is 8.45. The summed E-state index contributed by atoms with van der Waals surface area (Å²) < 4.78 is 30.9. The highest BCUT2D eigenvalue weighted by Gasteiger charge is 2.58. The first-order valence-electron chi connectivity index (χ1n) is 14.9. The highest BCUT2D eigenvalue weighted by Crippen LogP contribution is 2.38. The molecule has 0 saturated carbocycles. The number of aromatic nitrogens is 1. The minimum Gasteiger partial charge on any atom is -0.448 e. The van der Waals surface area contributed by atoms with Crippen molar-refractivity contribution in [1.29, 1.82) is 0 Å². The van der Waals surface area contributed by atoms with Crippen LogP contribution < -0.4 is 16.1 Å². The highest BCUT2D eigenvalue weighted by molar-refractivity contribution is 7.86. The lowest BCUT2D eigenvalue weighted by Crippen LogP contribution is -2.73. The largest absolute Gasteiger partial charge is 0.448 e. The lowest BCUT2D eigenvalue weighted by molar-refractivity contribution is -0.153. The molecule has 3 aromatic rings. The maximum absolute atomic E-state index is 14.2. The average molecular weight is 661 g/mol. The summed E-state index contributed by atoms with van der Waals surface area (Å²) in [5, 5.41) is 2.60. The second-order valence-corrected chi connectivity index (χ2v) is 13.6. The number of nitrogens with one attached hydrogen (secondary N) is 1. The van der Waals surface area contributed by atoms with Gasteiger partial charge in [-0.3, -0.25) is 18.7 Å². The predicted octanol–water partition coefficient (Wildman–Crippen LogP) is 2.65. The van der Waals surface area contributed by atoms with E-state index in [2.05, 4.69) is 5.32 Å². The lowest BCUT2D eigenvalue weighted by Gasteiger charge is -2.49. The summed E-state index contributed by atoms with van der Waals surface area (Å²) in [6.45, 7) is 5.15. The van der Waals surface area contributed by atoms with Crippen molar-refractivity contribution >= 4 is 34.7 Å². The van der Waals surface area contributed by atoms with E-state index < -0.39 is 63.6 Å². The zero-order chi connectivity index (χ0) is 33.5. The predicted molar refractivity (Wildman–Crippen MR) is 168 cm³/mol. The van der Waals surface area contributed by atoms with E-state index in [1.165, 1.54) is 17.3 Å². The molecule has 3 amide bonds. The Morgan fingerprint density at radius 1 is 1.02 bits per heavy atom. The fourth-order valence-corrected chi connectivity index (χ4v) is 7.31. The number of amides is 3. The van der Waals surface area contributed by atoms with Crippen LogP contribution in [-0.2, 0) is 34.7 Å². The van der Waals surface area contributed by atoms with E-state index in [9.17, 15) is 28.2 Å². The zero-order valence-electron chi connectivity index (χ0n) is 25.8. The number of hydrogen-bond acceptors (Lipinski definition) is 9. The van der Waals surface area contributed by atoms with Gasteiger partial charge in [0.25, 0.3) is 11.8 Å². The van der Waals surface area contributed by atoms with Gasteiger partial charge in [-0.1, -0.05) is 60.7 Å². The summed E-state index contributed by atoms with van der Waals surface area (Å²) in [5.74, 6) is -3.04. The van der Waals surface area contributed by atoms with E-state index in [-0.39, 0.29) is 35.6 Å². The van der Waals surface area contributed by atoms with Crippen LogP contribution in [0.15, 0.2) is 105 Å². The molecule has 2 saturated heterocycles. The van der Waals surface area contributed by atoms with Crippen LogP contribution in [0.4, 0.5) is 4.79 Å². The SMILES string of the molecule is CC(C)(C)OC(=O)N[C@@H]1C(=O)N2C(C(=O)OC(c3ccccc3)c3ccccc3)=C(/C=C3\CCN(n4ccoc4=O)C3=O)C[S@](=O)[C@H]12. The van der Waals surface area contributed by atoms with Crippen molar-refractivity contribution < 1.29 is 37.3 Å². The number of carbonyl (C=O) groups is 4. The number of rotatable bonds is 7. The molecule has 0 radical (unpaired) electrons. The molecule has 13 nitrogen and oxygen atoms in total. The van der Waals surface area contributed by atoms with Crippen LogP contribution in [0.5, 0.6) is 0 Å². The third-order valence-electron chi connectivity index (χ3n) is 7.72. The fourth-order valence-electron chi connectivity index (χ4n) is 5.68. The van der Waals surface area contributed by atoms with Crippen molar-refractivity contribution in [3.8, 4) is 0 Å². The third-order valence-corrected chi connectivity index (χ3v) is 9.34. The molecule has 244 valence electrons. The monoisotopic (exact) mass is 660 g/mol. The Morgan fingerprint density at radius 2 is 1.66 bits per heavy atom. The number of benzene rings is 2. The van der Waals surface area contributed by atoms with Crippen molar-refractivity contribution in [2.24, 2.45) is 0 Å². The number of fused-ring (bicyclic) bond motifs is 1. The number of alkyl carbamates (subject to hydrolysis) is 1. The van der Waals surface area contributed by atoms with E-state index in [0.717, 1.165) is 15.8 Å². The van der Waals surface area contributed by atoms with Crippen LogP contribution in [0, 0.1) is 0 Å². The van der Waals surface area contributed by atoms with Crippen LogP contribution in [0.1, 0.15) is 44.4 Å². The molecule has 3 aliphatic heterocycles. The standard InChI is InChI=1S/C33H32N4O9S/c1-33(2,3)46-31(41)34-24-28(39)37-25(30(40)45-26(20-10-6-4-7-11-20)21-12-8-5-9-13-21)23(19-47(43)29(24)37)18-22-14-15-35(27(22)38)36-16-17-44-32(36)42/h4-13,16-18,24,26,29H,14-15,19H2,1-3H3,(H,34,41)/b22-18+/t24-,29-,47+/m1/s1. The first-order valence-corrected chi connectivity index (χ1v) is 16.2. The Hall–Kier alpha value is -5.24. The Balaban J connectivity index is 1.38. The first kappa shape index (κ1) is 31.7. The molecule has 0 unspecified atom stereocenters. The van der Waals surface area contributed by atoms with E-state index in [1.54, 1.807) is 45.0 Å². The molecule has 0 bridgehead atoms. The van der Waals surface area contributed by atoms with Gasteiger partial charge in [0, 0.05) is 12.1 Å². The van der Waals surface area contributed by atoms with Gasteiger partial charge in [-0.05, 0) is 50.0 Å². The molecule has 2 aromatic carbocycles. The molecule has 1 aromatic heterocycles. The Labute approximate surface area is 271 Å². The normalized spacial score (nSPS) is 22.0. The van der Waals surface area contributed by atoms with Gasteiger partial charge in [-0.25, -0.2) is 19.4 Å². The van der Waals surface area contributed by atoms with Crippen LogP contribution in [0.3, 0.4) is 0 Å². The number of hydrogen-bond donors (Lipinski definition) is 1. The quantitative estimate of drug-likeness (QED) is 0.229. The van der Waals surface area contributed by atoms with Gasteiger partial charge in [0.05, 0.1) is 22.7 Å². The number of esters is 1. The second-order valence-electron chi connectivity index (χ2n) is 12.1. The van der Waals surface area contributed by atoms with E-state index >= 15 is 0 Å². The molecular formula is C33H32N4O9S. The maximum atomic E-state index is 14.2. The van der Waals surface area contributed by atoms with Crippen LogP contribution in [0.2, 0.25) is 0 Å². The van der Waals surface area contributed by atoms with E-state index in [0.29, 0.717) is 11.1 Å². The first-order chi connectivity index (χ1) is 22.4. The molecule has 0 spiro atoms. The van der Waals surface area contributed by atoms with Crippen LogP contribution in [-0.4, -0.2) is 67.0 Å². The number of ether oxygens (including phenoxy) is 2. The van der Waals surface area contributed by atoms with Crippen LogP contribution >= 0.6 is 0 Å². The second kappa shape index (κ2) is 12.5. The maximum Gasteiger partial charge on any atom is 0.438 e. The summed E-state index contributed by atoms with van der Waals surface area (Å²) >= 11 is 0. The number of β-lactam (4-membered cyclic amide) rings is 1. The summed E-state index contributed by atoms with van der Waals surface area (Å²) in [6.07, 6.45) is 2.38. The van der Waals surface area contributed by atoms with Crippen molar-refractivity contribution in [1.82, 2.24) is 14.9 Å². The molecule has 2 fully saturated rings. The lowest BCUT2D eigenvalue weighted by atomic mass is 10.00. The molecule has 0 aliphatic carbocycles. The van der Waals surface area contributed by atoms with Gasteiger partial charge >= 0.3 is 17.8 Å². The minimum absolute atomic E-state index is 0.150. The summed E-state index contributed by atoms with van der Waals surface area (Å²) in [6, 6.07) is 16.9. The zero-order valence-corrected chi connectivity index (χ0v) is 26.6. The summed E-state index contributed by atoms with van der Waals surface area (Å²) in [5.41, 5.74) is 0.707. The van der Waals surface area contributed by atoms with Crippen LogP contribution in [0.25, 0.3) is 0 Å². The molecule has 47 heavy (non-hydrogen) atoms. The molecule has 14 heteroatoms. The van der Waals surface area contributed by atoms with Gasteiger partial charge in [-0.15, -0.1) is 0 Å². The molecular weight excluding hydrogens is 628 g/mol. The summed E-state index contributed by atoms with van der Waals surface area (Å²) in [7, 11) is -1.79. The average Bonchev–Trinajstić information content (AvgIpc) is 3.62. The van der Waals surface area contributed by atoms with Gasteiger partial charge < -0.3 is 19.2 Å². The van der Waals surface area contributed by atoms with Crippen molar-refractivity contribution in [3.63, 3.8) is 0 Å². The van der Waals surface area contributed by atoms with Gasteiger partial charge in [0.1, 0.15) is 29.0 Å². The Bertz CT molecular complexity index is 1830. The van der Waals surface area contributed by atoms with Crippen molar-refractivity contribution in [3.05, 3.63) is 118 Å². The highest BCUT2D eigenvalue weighted by atomic mass is 32.2. The fraction of sp³-hybridized carbons (Fsp3) is 0.303. The van der Waals surface area contributed by atoms with E-state index in [1.807, 2.05) is 36.4 Å². The topological polar surface area (TPSA) is 157 Å². The van der Waals surface area contributed by atoms with Crippen molar-refractivity contribution in [2.45, 2.75) is 50.3 Å². The van der Waals surface area contributed by atoms with Gasteiger partial charge in [-0.2, -0.15) is 4.68 Å². The number of carbonyl (C=O) groups excluding carboxylic acids is 4. The smallest absolute Gasteiger partial charge is 0.438 e. The minimum atomic E-state index is -1.79. The molecule has 3 atom stereocenters. The Morgan fingerprint density at radius 3 is 2.23 bits per heavy atom. The number of nitrogens with zero attached hydrogens (tertiary/aromatic N) is 3. The number of allylic oxidation sites excluding steroid dienone is 1. The molecule has 6 rings (SSSR count). The van der Waals surface area contributed by atoms with Crippen molar-refractivity contribution in [2.75, 3.05) is 17.3 Å². The molecule has 3 aliphatic rings. The third kappa shape index (κ3) is 6.28. The van der Waals surface area contributed by atoms with Gasteiger partial charge in [0.2, 0.25) is 0 Å². The van der Waals surface area contributed by atoms with E-state index in [4.69, 9.17) is 13.9 Å². The molecule has 4 heterocycles.